The molecule has 86 valence electrons. The monoisotopic (exact) mass is 217 g/mol. The number of unbranched alkanes of at least 4 members (excludes halogenated alkanes) is 2. The molecule has 16 heavy (non-hydrogen) atoms. The molecule has 0 fully saturated rings. The van der Waals surface area contributed by atoms with Crippen LogP contribution in [0.1, 0.15) is 19.3 Å². The van der Waals surface area contributed by atoms with E-state index in [1.807, 2.05) is 14.1 Å². The van der Waals surface area contributed by atoms with Crippen molar-refractivity contribution in [3.05, 3.63) is 24.3 Å². The van der Waals surface area contributed by atoms with Gasteiger partial charge in [0.1, 0.15) is 0 Å². The summed E-state index contributed by atoms with van der Waals surface area (Å²) in [5, 5.41) is 11.7. The van der Waals surface area contributed by atoms with Crippen molar-refractivity contribution in [3.8, 4) is 6.07 Å². The molecule has 1 rings (SSSR count). The highest BCUT2D eigenvalue weighted by Crippen LogP contribution is 2.15. The van der Waals surface area contributed by atoms with Gasteiger partial charge in [0.25, 0.3) is 0 Å². The largest absolute Gasteiger partial charge is 0.385 e. The van der Waals surface area contributed by atoms with Gasteiger partial charge in [-0.15, -0.1) is 0 Å². The van der Waals surface area contributed by atoms with Gasteiger partial charge in [-0.25, -0.2) is 0 Å². The van der Waals surface area contributed by atoms with Crippen LogP contribution in [0.25, 0.3) is 0 Å². The Balaban J connectivity index is 2.30. The highest BCUT2D eigenvalue weighted by molar-refractivity contribution is 5.54. The number of rotatable bonds is 6. The van der Waals surface area contributed by atoms with E-state index in [9.17, 15) is 0 Å². The van der Waals surface area contributed by atoms with Crippen molar-refractivity contribution in [3.63, 3.8) is 0 Å². The predicted octanol–water partition coefficient (Wildman–Crippen LogP) is 2.86. The molecule has 0 atom stereocenters. The van der Waals surface area contributed by atoms with Crippen LogP contribution in [0.15, 0.2) is 24.3 Å². The molecule has 3 nitrogen and oxygen atoms in total. The smallest absolute Gasteiger partial charge is 0.0621 e. The first-order chi connectivity index (χ1) is 7.74. The fourth-order valence-corrected chi connectivity index (χ4v) is 1.44. The quantitative estimate of drug-likeness (QED) is 0.745. The van der Waals surface area contributed by atoms with Gasteiger partial charge in [0.05, 0.1) is 6.07 Å². The number of benzene rings is 1. The normalized spacial score (nSPS) is 9.56. The molecule has 0 saturated carbocycles. The second-order valence-corrected chi connectivity index (χ2v) is 3.98. The molecule has 0 aliphatic heterocycles. The minimum Gasteiger partial charge on any atom is -0.385 e. The minimum atomic E-state index is 0.654. The average molecular weight is 217 g/mol. The van der Waals surface area contributed by atoms with Crippen molar-refractivity contribution < 1.29 is 0 Å². The molecule has 0 unspecified atom stereocenters. The number of hydrogen-bond acceptors (Lipinski definition) is 3. The Morgan fingerprint density at radius 2 is 1.88 bits per heavy atom. The molecule has 0 saturated heterocycles. The van der Waals surface area contributed by atoms with Gasteiger partial charge in [-0.3, -0.25) is 0 Å². The van der Waals surface area contributed by atoms with Crippen LogP contribution in [0, 0.1) is 11.3 Å². The van der Waals surface area contributed by atoms with Gasteiger partial charge in [-0.05, 0) is 37.1 Å². The summed E-state index contributed by atoms with van der Waals surface area (Å²) < 4.78 is 0. The third-order valence-corrected chi connectivity index (χ3v) is 2.43. The van der Waals surface area contributed by atoms with E-state index >= 15 is 0 Å². The summed E-state index contributed by atoms with van der Waals surface area (Å²) in [6, 6.07) is 10.5. The Kier molecular flexibility index (Phi) is 5.21. The Morgan fingerprint density at radius 1 is 1.19 bits per heavy atom. The van der Waals surface area contributed by atoms with Crippen molar-refractivity contribution in [1.29, 1.82) is 5.26 Å². The van der Waals surface area contributed by atoms with Crippen molar-refractivity contribution in [2.24, 2.45) is 0 Å². The molecule has 0 bridgehead atoms. The zero-order valence-electron chi connectivity index (χ0n) is 10.0. The van der Waals surface area contributed by atoms with Crippen molar-refractivity contribution in [2.45, 2.75) is 19.3 Å². The zero-order chi connectivity index (χ0) is 11.8. The van der Waals surface area contributed by atoms with Crippen LogP contribution < -0.4 is 10.2 Å². The fourth-order valence-electron chi connectivity index (χ4n) is 1.44. The Morgan fingerprint density at radius 3 is 2.44 bits per heavy atom. The van der Waals surface area contributed by atoms with E-state index in [1.54, 1.807) is 0 Å². The lowest BCUT2D eigenvalue weighted by Gasteiger charge is -2.13. The number of anilines is 2. The van der Waals surface area contributed by atoms with E-state index in [-0.39, 0.29) is 0 Å². The molecular formula is C13H19N3. The highest BCUT2D eigenvalue weighted by Gasteiger charge is 1.95. The number of hydrogen-bond donors (Lipinski definition) is 1. The Hall–Kier alpha value is -1.69. The summed E-state index contributed by atoms with van der Waals surface area (Å²) >= 11 is 0. The van der Waals surface area contributed by atoms with Gasteiger partial charge in [0.15, 0.2) is 0 Å². The molecule has 1 aromatic carbocycles. The average Bonchev–Trinajstić information content (AvgIpc) is 2.29. The zero-order valence-corrected chi connectivity index (χ0v) is 10.0. The minimum absolute atomic E-state index is 0.654. The van der Waals surface area contributed by atoms with Crippen LogP contribution in [0.2, 0.25) is 0 Å². The highest BCUT2D eigenvalue weighted by atomic mass is 15.1. The van der Waals surface area contributed by atoms with Gasteiger partial charge in [0, 0.05) is 38.4 Å². The van der Waals surface area contributed by atoms with E-state index in [0.29, 0.717) is 6.42 Å². The van der Waals surface area contributed by atoms with E-state index in [4.69, 9.17) is 5.26 Å². The molecule has 0 spiro atoms. The van der Waals surface area contributed by atoms with Crippen LogP contribution in [-0.4, -0.2) is 20.6 Å². The van der Waals surface area contributed by atoms with Gasteiger partial charge >= 0.3 is 0 Å². The number of nitrogens with zero attached hydrogens (tertiary/aromatic N) is 2. The number of nitriles is 1. The van der Waals surface area contributed by atoms with E-state index in [0.717, 1.165) is 25.1 Å². The summed E-state index contributed by atoms with van der Waals surface area (Å²) in [5.41, 5.74) is 2.34. The molecular weight excluding hydrogens is 198 g/mol. The Bertz CT molecular complexity index is 335. The van der Waals surface area contributed by atoms with Gasteiger partial charge in [0.2, 0.25) is 0 Å². The van der Waals surface area contributed by atoms with Crippen LogP contribution in [0.5, 0.6) is 0 Å². The van der Waals surface area contributed by atoms with Crippen LogP contribution in [0.4, 0.5) is 11.4 Å². The Labute approximate surface area is 97.7 Å². The number of nitrogens with one attached hydrogen (secondary N) is 1. The van der Waals surface area contributed by atoms with Crippen LogP contribution in [0.3, 0.4) is 0 Å². The lowest BCUT2D eigenvalue weighted by atomic mass is 10.2. The topological polar surface area (TPSA) is 39.1 Å². The first-order valence-corrected chi connectivity index (χ1v) is 5.62. The van der Waals surface area contributed by atoms with Crippen molar-refractivity contribution >= 4 is 11.4 Å². The second kappa shape index (κ2) is 6.73. The molecule has 3 heteroatoms. The maximum Gasteiger partial charge on any atom is 0.0621 e. The fraction of sp³-hybridized carbons (Fsp3) is 0.462. The van der Waals surface area contributed by atoms with E-state index < -0.39 is 0 Å². The van der Waals surface area contributed by atoms with E-state index in [2.05, 4.69) is 40.6 Å². The molecule has 0 radical (unpaired) electrons. The van der Waals surface area contributed by atoms with Gasteiger partial charge in [-0.1, -0.05) is 0 Å². The van der Waals surface area contributed by atoms with Crippen LogP contribution >= 0.6 is 0 Å². The van der Waals surface area contributed by atoms with Crippen LogP contribution in [-0.2, 0) is 0 Å². The first-order valence-electron chi connectivity index (χ1n) is 5.62. The second-order valence-electron chi connectivity index (χ2n) is 3.98. The van der Waals surface area contributed by atoms with Gasteiger partial charge in [-0.2, -0.15) is 5.26 Å². The molecule has 0 aromatic heterocycles. The maximum atomic E-state index is 8.39. The summed E-state index contributed by atoms with van der Waals surface area (Å²) in [5.74, 6) is 0. The third-order valence-electron chi connectivity index (χ3n) is 2.43. The molecule has 1 N–H and O–H groups in total. The SMILES string of the molecule is CN(C)c1ccc(NCCCCC#N)cc1. The lowest BCUT2D eigenvalue weighted by Crippen LogP contribution is -2.08. The maximum absolute atomic E-state index is 8.39. The summed E-state index contributed by atoms with van der Waals surface area (Å²) in [4.78, 5) is 2.08. The third kappa shape index (κ3) is 4.22. The summed E-state index contributed by atoms with van der Waals surface area (Å²) in [6.45, 7) is 0.934. The molecule has 0 aliphatic carbocycles. The summed E-state index contributed by atoms with van der Waals surface area (Å²) in [7, 11) is 4.06. The summed E-state index contributed by atoms with van der Waals surface area (Å²) in [6.07, 6.45) is 2.67. The molecule has 0 heterocycles. The lowest BCUT2D eigenvalue weighted by molar-refractivity contribution is 0.784. The van der Waals surface area contributed by atoms with Crippen molar-refractivity contribution in [1.82, 2.24) is 0 Å². The standard InChI is InChI=1S/C13H19N3/c1-16(2)13-8-6-12(7-9-13)15-11-5-3-4-10-14/h6-9,15H,3-5,11H2,1-2H3. The van der Waals surface area contributed by atoms with Gasteiger partial charge < -0.3 is 10.2 Å². The molecule has 1 aromatic rings. The first kappa shape index (κ1) is 12.4. The van der Waals surface area contributed by atoms with Crippen molar-refractivity contribution in [2.75, 3.05) is 30.9 Å². The van der Waals surface area contributed by atoms with E-state index in [1.165, 1.54) is 5.69 Å². The predicted molar refractivity (Wildman–Crippen MR) is 68.7 cm³/mol. The molecule has 0 aliphatic rings. The molecule has 0 amide bonds.